The normalized spacial score (nSPS) is 25.9. The molecule has 0 N–H and O–H groups in total. The van der Waals surface area contributed by atoms with Crippen LogP contribution in [0.4, 0.5) is 0 Å². The Labute approximate surface area is 142 Å². The molecule has 0 aromatic rings. The fraction of sp³-hybridized carbons (Fsp3) is 0.737. The third-order valence-electron chi connectivity index (χ3n) is 5.75. The van der Waals surface area contributed by atoms with Crippen LogP contribution in [0.1, 0.15) is 58.8 Å². The third-order valence-corrected chi connectivity index (χ3v) is 5.75. The molecule has 0 saturated heterocycles. The highest BCUT2D eigenvalue weighted by molar-refractivity contribution is 6.05. The number of ketones is 1. The fourth-order valence-corrected chi connectivity index (χ4v) is 4.75. The van der Waals surface area contributed by atoms with Gasteiger partial charge in [-0.1, -0.05) is 18.4 Å². The van der Waals surface area contributed by atoms with E-state index in [4.69, 9.17) is 9.47 Å². The summed E-state index contributed by atoms with van der Waals surface area (Å²) in [6.07, 6.45) is 5.48. The summed E-state index contributed by atoms with van der Waals surface area (Å²) in [5.74, 6) is -0.449. The van der Waals surface area contributed by atoms with Crippen molar-refractivity contribution in [3.63, 3.8) is 0 Å². The zero-order chi connectivity index (χ0) is 17.3. The van der Waals surface area contributed by atoms with E-state index in [1.165, 1.54) is 0 Å². The number of hydrogen-bond donors (Lipinski definition) is 0. The van der Waals surface area contributed by atoms with E-state index in [0.717, 1.165) is 36.8 Å². The summed E-state index contributed by atoms with van der Waals surface area (Å²) < 4.78 is 10.4. The van der Waals surface area contributed by atoms with Crippen molar-refractivity contribution in [1.82, 2.24) is 0 Å². The van der Waals surface area contributed by atoms with E-state index < -0.39 is 17.4 Å². The molecule has 5 heteroatoms. The predicted molar refractivity (Wildman–Crippen MR) is 87.0 cm³/mol. The van der Waals surface area contributed by atoms with Gasteiger partial charge in [0, 0.05) is 6.42 Å². The van der Waals surface area contributed by atoms with Crippen LogP contribution in [0.25, 0.3) is 0 Å². The third kappa shape index (κ3) is 2.68. The van der Waals surface area contributed by atoms with Crippen molar-refractivity contribution in [3.05, 3.63) is 11.1 Å². The van der Waals surface area contributed by atoms with Crippen LogP contribution in [-0.2, 0) is 23.9 Å². The minimum absolute atomic E-state index is 0.00177. The van der Waals surface area contributed by atoms with Gasteiger partial charge in [-0.15, -0.1) is 0 Å². The second kappa shape index (κ2) is 6.69. The van der Waals surface area contributed by atoms with E-state index in [9.17, 15) is 14.4 Å². The van der Waals surface area contributed by atoms with Gasteiger partial charge in [0.05, 0.1) is 13.2 Å². The zero-order valence-corrected chi connectivity index (χ0v) is 14.6. The lowest BCUT2D eigenvalue weighted by molar-refractivity contribution is -0.171. The van der Waals surface area contributed by atoms with Gasteiger partial charge in [-0.05, 0) is 56.9 Å². The van der Waals surface area contributed by atoms with Gasteiger partial charge in [0.2, 0.25) is 0 Å². The Kier molecular flexibility index (Phi) is 4.79. The number of hydrogen-bond acceptors (Lipinski definition) is 5. The molecular formula is C19H26O5. The van der Waals surface area contributed by atoms with Gasteiger partial charge in [-0.3, -0.25) is 14.4 Å². The first-order chi connectivity index (χ1) is 11.5. The van der Waals surface area contributed by atoms with Crippen molar-refractivity contribution >= 4 is 17.7 Å². The Morgan fingerprint density at radius 3 is 2.17 bits per heavy atom. The first kappa shape index (κ1) is 17.2. The Bertz CT molecular complexity index is 565. The smallest absolute Gasteiger partial charge is 0.323 e. The number of allylic oxidation sites excluding steroid dienone is 2. The molecule has 0 aliphatic heterocycles. The van der Waals surface area contributed by atoms with Gasteiger partial charge in [0.15, 0.2) is 11.2 Å². The van der Waals surface area contributed by atoms with Crippen molar-refractivity contribution in [2.75, 3.05) is 13.2 Å². The summed E-state index contributed by atoms with van der Waals surface area (Å²) in [7, 11) is 0. The standard InChI is InChI=1S/C19H26O5/c1-3-23-17(21)19(18(22)24-4-2)10-13-9-15(20)16(14(13)11-19)12-7-5-6-8-12/h12-13H,3-11H2,1-2H3. The van der Waals surface area contributed by atoms with Crippen molar-refractivity contribution in [1.29, 1.82) is 0 Å². The summed E-state index contributed by atoms with van der Waals surface area (Å²) in [5, 5.41) is 0. The topological polar surface area (TPSA) is 69.7 Å². The van der Waals surface area contributed by atoms with Crippen LogP contribution < -0.4 is 0 Å². The second-order valence-electron chi connectivity index (χ2n) is 7.15. The summed E-state index contributed by atoms with van der Waals surface area (Å²) in [6, 6.07) is 0. The van der Waals surface area contributed by atoms with Gasteiger partial charge >= 0.3 is 11.9 Å². The quantitative estimate of drug-likeness (QED) is 0.571. The molecule has 2 fully saturated rings. The summed E-state index contributed by atoms with van der Waals surface area (Å²) in [4.78, 5) is 37.7. The zero-order valence-electron chi connectivity index (χ0n) is 14.6. The van der Waals surface area contributed by atoms with Gasteiger partial charge in [-0.25, -0.2) is 0 Å². The van der Waals surface area contributed by atoms with Gasteiger partial charge in [0.1, 0.15) is 0 Å². The molecule has 2 saturated carbocycles. The Balaban J connectivity index is 1.95. The first-order valence-electron chi connectivity index (χ1n) is 9.14. The van der Waals surface area contributed by atoms with E-state index >= 15 is 0 Å². The maximum atomic E-state index is 12.6. The predicted octanol–water partition coefficient (Wildman–Crippen LogP) is 2.97. The van der Waals surface area contributed by atoms with Crippen molar-refractivity contribution < 1.29 is 23.9 Å². The summed E-state index contributed by atoms with van der Waals surface area (Å²) >= 11 is 0. The maximum Gasteiger partial charge on any atom is 0.323 e. The average molecular weight is 334 g/mol. The lowest BCUT2D eigenvalue weighted by Crippen LogP contribution is -2.40. The van der Waals surface area contributed by atoms with Gasteiger partial charge < -0.3 is 9.47 Å². The average Bonchev–Trinajstić information content (AvgIpc) is 3.22. The highest BCUT2D eigenvalue weighted by atomic mass is 16.6. The van der Waals surface area contributed by atoms with Crippen molar-refractivity contribution in [3.8, 4) is 0 Å². The minimum Gasteiger partial charge on any atom is -0.465 e. The highest BCUT2D eigenvalue weighted by Gasteiger charge is 2.58. The van der Waals surface area contributed by atoms with Crippen LogP contribution in [0.2, 0.25) is 0 Å². The Morgan fingerprint density at radius 1 is 1.04 bits per heavy atom. The van der Waals surface area contributed by atoms with Crippen LogP contribution in [0, 0.1) is 17.3 Å². The van der Waals surface area contributed by atoms with E-state index in [0.29, 0.717) is 25.2 Å². The summed E-state index contributed by atoms with van der Waals surface area (Å²) in [6.45, 7) is 3.94. The highest BCUT2D eigenvalue weighted by Crippen LogP contribution is 2.55. The van der Waals surface area contributed by atoms with Gasteiger partial charge in [-0.2, -0.15) is 0 Å². The fourth-order valence-electron chi connectivity index (χ4n) is 4.75. The molecule has 0 radical (unpaired) electrons. The van der Waals surface area contributed by atoms with E-state index in [1.807, 2.05) is 0 Å². The Morgan fingerprint density at radius 2 is 1.62 bits per heavy atom. The number of esters is 2. The second-order valence-corrected chi connectivity index (χ2v) is 7.15. The molecule has 0 amide bonds. The number of ether oxygens (including phenoxy) is 2. The monoisotopic (exact) mass is 334 g/mol. The number of carbonyl (C=O) groups excluding carboxylic acids is 3. The molecule has 0 spiro atoms. The Hall–Kier alpha value is -1.65. The molecule has 3 rings (SSSR count). The van der Waals surface area contributed by atoms with Crippen LogP contribution >= 0.6 is 0 Å². The number of rotatable bonds is 5. The minimum atomic E-state index is -1.25. The molecule has 5 nitrogen and oxygen atoms in total. The molecule has 0 aromatic carbocycles. The SMILES string of the molecule is CCOC(=O)C1(C(=O)OCC)CC2=C(C3CCCC3)C(=O)CC2C1. The molecule has 0 heterocycles. The van der Waals surface area contributed by atoms with Crippen molar-refractivity contribution in [2.24, 2.45) is 17.3 Å². The lowest BCUT2D eigenvalue weighted by atomic mass is 9.82. The summed E-state index contributed by atoms with van der Waals surface area (Å²) in [5.41, 5.74) is 0.706. The van der Waals surface area contributed by atoms with Crippen LogP contribution in [0.15, 0.2) is 11.1 Å². The maximum absolute atomic E-state index is 12.6. The van der Waals surface area contributed by atoms with Crippen LogP contribution in [0.3, 0.4) is 0 Å². The largest absolute Gasteiger partial charge is 0.465 e. The molecule has 1 atom stereocenters. The number of Topliss-reactive ketones (excluding diaryl/α,β-unsaturated/α-hetero) is 1. The molecule has 1 unspecified atom stereocenters. The van der Waals surface area contributed by atoms with E-state index in [-0.39, 0.29) is 24.9 Å². The number of carbonyl (C=O) groups is 3. The van der Waals surface area contributed by atoms with Crippen LogP contribution in [-0.4, -0.2) is 30.9 Å². The molecule has 132 valence electrons. The molecule has 0 bridgehead atoms. The first-order valence-corrected chi connectivity index (χ1v) is 9.14. The molecule has 24 heavy (non-hydrogen) atoms. The molecule has 0 aromatic heterocycles. The molecule has 3 aliphatic rings. The van der Waals surface area contributed by atoms with Crippen LogP contribution in [0.5, 0.6) is 0 Å². The number of fused-ring (bicyclic) bond motifs is 1. The van der Waals surface area contributed by atoms with Crippen molar-refractivity contribution in [2.45, 2.75) is 58.8 Å². The molecular weight excluding hydrogens is 308 g/mol. The van der Waals surface area contributed by atoms with E-state index in [1.54, 1.807) is 13.8 Å². The lowest BCUT2D eigenvalue weighted by Gasteiger charge is -2.25. The molecule has 3 aliphatic carbocycles. The van der Waals surface area contributed by atoms with E-state index in [2.05, 4.69) is 0 Å². The van der Waals surface area contributed by atoms with Gasteiger partial charge in [0.25, 0.3) is 0 Å².